The molecule has 6 heteroatoms. The second kappa shape index (κ2) is 6.00. The Hall–Kier alpha value is -0.290. The molecule has 0 aromatic heterocycles. The Morgan fingerprint density at radius 3 is 2.58 bits per heavy atom. The van der Waals surface area contributed by atoms with Crippen LogP contribution < -0.4 is 5.32 Å². The highest BCUT2D eigenvalue weighted by molar-refractivity contribution is 9.10. The van der Waals surface area contributed by atoms with Gasteiger partial charge in [0, 0.05) is 30.7 Å². The van der Waals surface area contributed by atoms with Crippen LogP contribution in [0.3, 0.4) is 0 Å². The van der Waals surface area contributed by atoms with Crippen LogP contribution in [0, 0.1) is 11.8 Å². The molecule has 0 aliphatic carbocycles. The van der Waals surface area contributed by atoms with Crippen LogP contribution in [-0.2, 0) is 0 Å². The minimum Gasteiger partial charge on any atom is -0.338 e. The van der Waals surface area contributed by atoms with Crippen LogP contribution in [0.25, 0.3) is 0 Å². The maximum Gasteiger partial charge on any atom is 0.255 e. The number of carbonyl (C=O) groups excluding carboxylic acids is 1. The van der Waals surface area contributed by atoms with Crippen molar-refractivity contribution in [3.63, 3.8) is 0 Å². The zero-order chi connectivity index (χ0) is 12.7. The van der Waals surface area contributed by atoms with Gasteiger partial charge in [-0.1, -0.05) is 17.7 Å². The van der Waals surface area contributed by atoms with E-state index in [0.717, 1.165) is 30.7 Å². The number of nitrogens with one attached hydrogen (secondary N) is 1. The number of hydrogen-bond donors (Lipinski definition) is 1. The van der Waals surface area contributed by atoms with Crippen molar-refractivity contribution in [2.45, 2.75) is 0 Å². The Bertz CT molecular complexity index is 486. The van der Waals surface area contributed by atoms with E-state index in [4.69, 9.17) is 11.6 Å². The van der Waals surface area contributed by atoms with Gasteiger partial charge < -0.3 is 10.2 Å². The van der Waals surface area contributed by atoms with Crippen molar-refractivity contribution in [2.75, 3.05) is 26.2 Å². The van der Waals surface area contributed by atoms with Crippen LogP contribution in [-0.4, -0.2) is 37.0 Å². The number of rotatable bonds is 1. The molecule has 3 nitrogen and oxygen atoms in total. The summed E-state index contributed by atoms with van der Waals surface area (Å²) in [5.74, 6) is 1.27. The van der Waals surface area contributed by atoms with E-state index in [-0.39, 0.29) is 18.3 Å². The molecule has 0 unspecified atom stereocenters. The number of likely N-dealkylation sites (tertiary alicyclic amines) is 1. The van der Waals surface area contributed by atoms with Gasteiger partial charge in [-0.15, -0.1) is 12.4 Å². The third kappa shape index (κ3) is 2.77. The number of hydrogen-bond acceptors (Lipinski definition) is 2. The zero-order valence-corrected chi connectivity index (χ0v) is 13.4. The molecular weight excluding hydrogens is 351 g/mol. The molecule has 1 amide bonds. The lowest BCUT2D eigenvalue weighted by molar-refractivity contribution is 0.0782. The minimum atomic E-state index is 0. The van der Waals surface area contributed by atoms with Gasteiger partial charge in [-0.3, -0.25) is 4.79 Å². The predicted octanol–water partition coefficient (Wildman–Crippen LogP) is 2.82. The number of halogens is 3. The normalized spacial score (nSPS) is 25.1. The molecule has 2 aliphatic heterocycles. The molecule has 0 saturated carbocycles. The fourth-order valence-electron chi connectivity index (χ4n) is 2.86. The first-order valence-corrected chi connectivity index (χ1v) is 7.28. The van der Waals surface area contributed by atoms with Gasteiger partial charge in [0.2, 0.25) is 0 Å². The molecule has 0 bridgehead atoms. The topological polar surface area (TPSA) is 32.3 Å². The van der Waals surface area contributed by atoms with Crippen LogP contribution in [0.1, 0.15) is 10.4 Å². The third-order valence-electron chi connectivity index (χ3n) is 3.86. The average molecular weight is 366 g/mol. The second-order valence-electron chi connectivity index (χ2n) is 4.99. The highest BCUT2D eigenvalue weighted by atomic mass is 79.9. The molecule has 2 saturated heterocycles. The maximum atomic E-state index is 12.5. The molecule has 1 aromatic rings. The lowest BCUT2D eigenvalue weighted by Gasteiger charge is -2.18. The monoisotopic (exact) mass is 364 g/mol. The largest absolute Gasteiger partial charge is 0.338 e. The molecule has 0 radical (unpaired) electrons. The summed E-state index contributed by atoms with van der Waals surface area (Å²) in [4.78, 5) is 14.4. The van der Waals surface area contributed by atoms with Gasteiger partial charge in [-0.2, -0.15) is 0 Å². The van der Waals surface area contributed by atoms with Crippen LogP contribution in [0.4, 0.5) is 0 Å². The Morgan fingerprint density at radius 1 is 1.32 bits per heavy atom. The van der Waals surface area contributed by atoms with E-state index in [1.165, 1.54) is 0 Å². The standard InChI is InChI=1S/C13H14BrClN2O.ClH/c14-11-3-1-2-10(12(11)15)13(18)17-6-8-4-16-5-9(8)7-17;/h1-3,8-9,16H,4-7H2;1H/t8-,9+;. The van der Waals surface area contributed by atoms with Crippen molar-refractivity contribution >= 4 is 45.8 Å². The lowest BCUT2D eigenvalue weighted by atomic mass is 10.0. The summed E-state index contributed by atoms with van der Waals surface area (Å²) >= 11 is 9.54. The van der Waals surface area contributed by atoms with Gasteiger partial charge in [0.15, 0.2) is 0 Å². The molecule has 1 aromatic carbocycles. The molecule has 104 valence electrons. The number of nitrogens with zero attached hydrogens (tertiary/aromatic N) is 1. The maximum absolute atomic E-state index is 12.5. The molecule has 2 fully saturated rings. The van der Waals surface area contributed by atoms with Crippen LogP contribution >= 0.6 is 39.9 Å². The van der Waals surface area contributed by atoms with Gasteiger partial charge in [0.05, 0.1) is 10.6 Å². The molecule has 0 spiro atoms. The van der Waals surface area contributed by atoms with E-state index in [1.54, 1.807) is 6.07 Å². The first-order valence-electron chi connectivity index (χ1n) is 6.11. The van der Waals surface area contributed by atoms with Gasteiger partial charge in [-0.25, -0.2) is 0 Å². The van der Waals surface area contributed by atoms with E-state index >= 15 is 0 Å². The number of fused-ring (bicyclic) bond motifs is 1. The zero-order valence-electron chi connectivity index (χ0n) is 10.2. The van der Waals surface area contributed by atoms with E-state index in [1.807, 2.05) is 17.0 Å². The third-order valence-corrected chi connectivity index (χ3v) is 5.16. The fraction of sp³-hybridized carbons (Fsp3) is 0.462. The molecule has 2 aliphatic rings. The van der Waals surface area contributed by atoms with Crippen LogP contribution in [0.2, 0.25) is 5.02 Å². The SMILES string of the molecule is Cl.O=C(c1cccc(Br)c1Cl)N1C[C@H]2CNC[C@H]2C1. The molecular formula is C13H15BrCl2N2O. The highest BCUT2D eigenvalue weighted by Gasteiger charge is 2.38. The number of benzene rings is 1. The highest BCUT2D eigenvalue weighted by Crippen LogP contribution is 2.31. The van der Waals surface area contributed by atoms with Gasteiger partial charge in [-0.05, 0) is 39.9 Å². The second-order valence-corrected chi connectivity index (χ2v) is 6.22. The summed E-state index contributed by atoms with van der Waals surface area (Å²) < 4.78 is 0.774. The smallest absolute Gasteiger partial charge is 0.255 e. The summed E-state index contributed by atoms with van der Waals surface area (Å²) in [6.07, 6.45) is 0. The van der Waals surface area contributed by atoms with Crippen LogP contribution in [0.15, 0.2) is 22.7 Å². The van der Waals surface area contributed by atoms with Crippen molar-refractivity contribution in [1.29, 1.82) is 0 Å². The first-order chi connectivity index (χ1) is 8.66. The first kappa shape index (κ1) is 15.1. The predicted molar refractivity (Wildman–Crippen MR) is 82.2 cm³/mol. The summed E-state index contributed by atoms with van der Waals surface area (Å²) in [6.45, 7) is 3.75. The fourth-order valence-corrected chi connectivity index (χ4v) is 3.43. The van der Waals surface area contributed by atoms with Gasteiger partial charge in [0.25, 0.3) is 5.91 Å². The Labute approximate surface area is 132 Å². The van der Waals surface area contributed by atoms with Gasteiger partial charge >= 0.3 is 0 Å². The molecule has 1 N–H and O–H groups in total. The molecule has 2 heterocycles. The number of amides is 1. The Balaban J connectivity index is 0.00000133. The van der Waals surface area contributed by atoms with Crippen molar-refractivity contribution in [3.05, 3.63) is 33.3 Å². The minimum absolute atomic E-state index is 0. The quantitative estimate of drug-likeness (QED) is 0.829. The average Bonchev–Trinajstić information content (AvgIpc) is 2.92. The lowest BCUT2D eigenvalue weighted by Crippen LogP contribution is -2.32. The van der Waals surface area contributed by atoms with Crippen molar-refractivity contribution in [3.8, 4) is 0 Å². The van der Waals surface area contributed by atoms with Crippen molar-refractivity contribution in [1.82, 2.24) is 10.2 Å². The number of carbonyl (C=O) groups is 1. The summed E-state index contributed by atoms with van der Waals surface area (Å²) in [5.41, 5.74) is 0.596. The Kier molecular flexibility index (Phi) is 4.77. The van der Waals surface area contributed by atoms with Crippen LogP contribution in [0.5, 0.6) is 0 Å². The molecule has 19 heavy (non-hydrogen) atoms. The van der Waals surface area contributed by atoms with E-state index in [0.29, 0.717) is 22.4 Å². The van der Waals surface area contributed by atoms with Crippen molar-refractivity contribution < 1.29 is 4.79 Å². The van der Waals surface area contributed by atoms with E-state index in [9.17, 15) is 4.79 Å². The summed E-state index contributed by atoms with van der Waals surface area (Å²) in [5, 5.41) is 3.88. The van der Waals surface area contributed by atoms with Gasteiger partial charge in [0.1, 0.15) is 0 Å². The summed E-state index contributed by atoms with van der Waals surface area (Å²) in [7, 11) is 0. The summed E-state index contributed by atoms with van der Waals surface area (Å²) in [6, 6.07) is 5.49. The van der Waals surface area contributed by atoms with E-state index in [2.05, 4.69) is 21.2 Å². The Morgan fingerprint density at radius 2 is 1.95 bits per heavy atom. The van der Waals surface area contributed by atoms with Crippen molar-refractivity contribution in [2.24, 2.45) is 11.8 Å². The molecule has 3 rings (SSSR count). The van der Waals surface area contributed by atoms with E-state index < -0.39 is 0 Å². The molecule has 2 atom stereocenters.